The molecule has 0 aliphatic carbocycles. The van der Waals surface area contributed by atoms with Crippen LogP contribution in [-0.4, -0.2) is 60.0 Å². The van der Waals surface area contributed by atoms with Crippen molar-refractivity contribution in [1.29, 1.82) is 0 Å². The van der Waals surface area contributed by atoms with Crippen molar-refractivity contribution < 1.29 is 22.5 Å². The van der Waals surface area contributed by atoms with Gasteiger partial charge in [0.15, 0.2) is 10.7 Å². The van der Waals surface area contributed by atoms with E-state index in [9.17, 15) is 13.2 Å². The van der Waals surface area contributed by atoms with Gasteiger partial charge in [-0.25, -0.2) is 13.4 Å². The lowest BCUT2D eigenvalue weighted by Crippen LogP contribution is -2.37. The van der Waals surface area contributed by atoms with Crippen molar-refractivity contribution in [1.82, 2.24) is 19.6 Å². The summed E-state index contributed by atoms with van der Waals surface area (Å²) in [6.45, 7) is 5.16. The van der Waals surface area contributed by atoms with Gasteiger partial charge in [-0.1, -0.05) is 22.8 Å². The van der Waals surface area contributed by atoms with Crippen molar-refractivity contribution in [2.45, 2.75) is 51.6 Å². The molecule has 1 amide bonds. The second-order valence-electron chi connectivity index (χ2n) is 10.7. The molecule has 0 radical (unpaired) electrons. The number of imidazole rings is 1. The standard InChI is InChI=1S/C29H32ClN5O5S/c1-17-28(18(2)40-32-17)19-4-6-24-23(14-19)31-29(35(24)20-10-12-33(13-11-20)16-41(37)38)25-7-9-27(36)34(25)21-5-8-26(39-3)22(30)15-21/h4-6,8,14-15,20,25,41H,7,9-13,16H2,1-3H3/t25-/m0/s1. The fourth-order valence-electron chi connectivity index (χ4n) is 6.33. The minimum absolute atomic E-state index is 0.0142. The van der Waals surface area contributed by atoms with E-state index in [1.807, 2.05) is 24.8 Å². The lowest BCUT2D eigenvalue weighted by atomic mass is 10.0. The number of anilines is 1. The van der Waals surface area contributed by atoms with E-state index in [0.717, 1.165) is 52.3 Å². The number of aryl methyl sites for hydroxylation is 2. The number of thiol groups is 1. The monoisotopic (exact) mass is 597 g/mol. The molecule has 4 aromatic rings. The Hall–Kier alpha value is -3.41. The van der Waals surface area contributed by atoms with Gasteiger partial charge in [-0.2, -0.15) is 0 Å². The molecule has 0 bridgehead atoms. The Labute approximate surface area is 244 Å². The second-order valence-corrected chi connectivity index (χ2v) is 12.1. The third kappa shape index (κ3) is 5.11. The number of rotatable bonds is 7. The van der Waals surface area contributed by atoms with Gasteiger partial charge in [0.1, 0.15) is 17.3 Å². The first kappa shape index (κ1) is 27.7. The number of carbonyl (C=O) groups is 1. The molecule has 2 aliphatic heterocycles. The molecule has 0 spiro atoms. The van der Waals surface area contributed by atoms with Gasteiger partial charge in [-0.05, 0) is 69.0 Å². The first-order valence-corrected chi connectivity index (χ1v) is 15.4. The molecule has 2 aromatic heterocycles. The number of nitrogens with zero attached hydrogens (tertiary/aromatic N) is 5. The number of piperidine rings is 1. The van der Waals surface area contributed by atoms with Crippen molar-refractivity contribution in [3.63, 3.8) is 0 Å². The van der Waals surface area contributed by atoms with E-state index in [1.165, 1.54) is 0 Å². The number of hydrogen-bond acceptors (Lipinski definition) is 8. The van der Waals surface area contributed by atoms with Crippen molar-refractivity contribution in [3.05, 3.63) is 58.7 Å². The summed E-state index contributed by atoms with van der Waals surface area (Å²) in [6.07, 6.45) is 2.58. The maximum absolute atomic E-state index is 13.3. The first-order valence-electron chi connectivity index (χ1n) is 13.7. The van der Waals surface area contributed by atoms with E-state index in [2.05, 4.69) is 27.9 Å². The largest absolute Gasteiger partial charge is 0.495 e. The Kier molecular flexibility index (Phi) is 7.52. The fourth-order valence-corrected chi connectivity index (χ4v) is 7.19. The zero-order chi connectivity index (χ0) is 28.8. The smallest absolute Gasteiger partial charge is 0.227 e. The number of hydrogen-bond donors (Lipinski definition) is 1. The Morgan fingerprint density at radius 2 is 1.88 bits per heavy atom. The number of likely N-dealkylation sites (tertiary alicyclic amines) is 1. The van der Waals surface area contributed by atoms with Crippen LogP contribution in [0.2, 0.25) is 5.02 Å². The molecule has 2 saturated heterocycles. The number of benzene rings is 2. The highest BCUT2D eigenvalue weighted by Gasteiger charge is 2.38. The Balaban J connectivity index is 1.45. The topological polar surface area (TPSA) is 111 Å². The summed E-state index contributed by atoms with van der Waals surface area (Å²) in [4.78, 5) is 22.2. The van der Waals surface area contributed by atoms with Crippen LogP contribution in [0.4, 0.5) is 5.69 Å². The summed E-state index contributed by atoms with van der Waals surface area (Å²) in [7, 11) is -0.905. The molecule has 10 nitrogen and oxygen atoms in total. The van der Waals surface area contributed by atoms with E-state index in [0.29, 0.717) is 42.4 Å². The van der Waals surface area contributed by atoms with E-state index in [1.54, 1.807) is 24.1 Å². The first-order chi connectivity index (χ1) is 19.7. The molecule has 2 aromatic carbocycles. The molecule has 0 N–H and O–H groups in total. The number of carbonyl (C=O) groups excluding carboxylic acids is 1. The van der Waals surface area contributed by atoms with Crippen LogP contribution in [0.25, 0.3) is 22.2 Å². The molecule has 41 heavy (non-hydrogen) atoms. The van der Waals surface area contributed by atoms with Crippen LogP contribution < -0.4 is 9.64 Å². The summed E-state index contributed by atoms with van der Waals surface area (Å²) in [5.74, 6) is 2.20. The maximum atomic E-state index is 13.3. The number of aromatic nitrogens is 3. The number of fused-ring (bicyclic) bond motifs is 1. The van der Waals surface area contributed by atoms with E-state index >= 15 is 0 Å². The third-order valence-electron chi connectivity index (χ3n) is 8.20. The molecular weight excluding hydrogens is 566 g/mol. The van der Waals surface area contributed by atoms with Crippen LogP contribution in [-0.2, 0) is 15.5 Å². The van der Waals surface area contributed by atoms with Gasteiger partial charge in [-0.15, -0.1) is 0 Å². The average Bonchev–Trinajstić information content (AvgIpc) is 3.62. The van der Waals surface area contributed by atoms with Gasteiger partial charge in [0.25, 0.3) is 0 Å². The molecule has 4 heterocycles. The normalized spacial score (nSPS) is 18.7. The van der Waals surface area contributed by atoms with Gasteiger partial charge in [0.05, 0.1) is 40.8 Å². The molecule has 216 valence electrons. The van der Waals surface area contributed by atoms with Gasteiger partial charge < -0.3 is 18.7 Å². The lowest BCUT2D eigenvalue weighted by molar-refractivity contribution is -0.117. The Morgan fingerprint density at radius 3 is 2.54 bits per heavy atom. The highest BCUT2D eigenvalue weighted by atomic mass is 35.5. The Morgan fingerprint density at radius 1 is 1.10 bits per heavy atom. The zero-order valence-electron chi connectivity index (χ0n) is 23.2. The quantitative estimate of drug-likeness (QED) is 0.295. The molecular formula is C29H32ClN5O5S. The molecule has 2 fully saturated rings. The zero-order valence-corrected chi connectivity index (χ0v) is 24.8. The Bertz CT molecular complexity index is 1680. The van der Waals surface area contributed by atoms with Crippen LogP contribution in [0.15, 0.2) is 40.9 Å². The van der Waals surface area contributed by atoms with Crippen molar-refractivity contribution in [2.75, 3.05) is 31.0 Å². The maximum Gasteiger partial charge on any atom is 0.227 e. The summed E-state index contributed by atoms with van der Waals surface area (Å²) in [5, 5.41) is 4.55. The SMILES string of the molecule is COc1ccc(N2C(=O)CC[C@H]2c2nc3cc(-c4c(C)noc4C)ccc3n2C2CCN(C[SH](=O)=O)CC2)cc1Cl. The number of methoxy groups -OCH3 is 1. The molecule has 12 heteroatoms. The van der Waals surface area contributed by atoms with Gasteiger partial charge in [0.2, 0.25) is 5.91 Å². The van der Waals surface area contributed by atoms with E-state index in [-0.39, 0.29) is 23.9 Å². The summed E-state index contributed by atoms with van der Waals surface area (Å²) in [5.41, 5.74) is 5.25. The lowest BCUT2D eigenvalue weighted by Gasteiger charge is -2.34. The fraction of sp³-hybridized carbons (Fsp3) is 0.414. The van der Waals surface area contributed by atoms with E-state index in [4.69, 9.17) is 25.8 Å². The minimum atomic E-state index is -2.46. The van der Waals surface area contributed by atoms with Crippen molar-refractivity contribution in [2.24, 2.45) is 0 Å². The summed E-state index contributed by atoms with van der Waals surface area (Å²) >= 11 is 6.46. The summed E-state index contributed by atoms with van der Waals surface area (Å²) in [6, 6.07) is 11.4. The van der Waals surface area contributed by atoms with E-state index < -0.39 is 10.7 Å². The predicted molar refractivity (Wildman–Crippen MR) is 157 cm³/mol. The van der Waals surface area contributed by atoms with Crippen LogP contribution >= 0.6 is 11.6 Å². The number of amides is 1. The van der Waals surface area contributed by atoms with Crippen LogP contribution in [0.1, 0.15) is 55.0 Å². The minimum Gasteiger partial charge on any atom is -0.495 e. The average molecular weight is 598 g/mol. The van der Waals surface area contributed by atoms with Crippen LogP contribution in [0, 0.1) is 13.8 Å². The number of ether oxygens (including phenoxy) is 1. The number of halogens is 1. The van der Waals surface area contributed by atoms with Gasteiger partial charge in [-0.3, -0.25) is 9.69 Å². The predicted octanol–water partition coefficient (Wildman–Crippen LogP) is 5.04. The molecule has 1 atom stereocenters. The molecule has 0 unspecified atom stereocenters. The summed E-state index contributed by atoms with van der Waals surface area (Å²) < 4.78 is 35.7. The van der Waals surface area contributed by atoms with Gasteiger partial charge in [0, 0.05) is 36.8 Å². The van der Waals surface area contributed by atoms with Crippen LogP contribution in [0.3, 0.4) is 0 Å². The highest BCUT2D eigenvalue weighted by Crippen LogP contribution is 2.42. The van der Waals surface area contributed by atoms with Crippen LogP contribution in [0.5, 0.6) is 5.75 Å². The highest BCUT2D eigenvalue weighted by molar-refractivity contribution is 7.72. The van der Waals surface area contributed by atoms with Crippen molar-refractivity contribution in [3.8, 4) is 16.9 Å². The van der Waals surface area contributed by atoms with Gasteiger partial charge >= 0.3 is 0 Å². The molecule has 6 rings (SSSR count). The second kappa shape index (κ2) is 11.1. The van der Waals surface area contributed by atoms with Crippen molar-refractivity contribution >= 4 is 44.9 Å². The molecule has 0 saturated carbocycles. The third-order valence-corrected chi connectivity index (χ3v) is 9.13. The molecule has 2 aliphatic rings.